The molecule has 0 spiro atoms. The summed E-state index contributed by atoms with van der Waals surface area (Å²) < 4.78 is 0. The Morgan fingerprint density at radius 2 is 2.12 bits per heavy atom. The van der Waals surface area contributed by atoms with E-state index in [9.17, 15) is 5.11 Å². The van der Waals surface area contributed by atoms with Crippen LogP contribution in [-0.2, 0) is 6.54 Å². The molecule has 0 aliphatic heterocycles. The molecular formula is C14H18ClNO. The van der Waals surface area contributed by atoms with Crippen LogP contribution in [0, 0.1) is 11.3 Å². The number of hydrogen-bond donors (Lipinski definition) is 2. The van der Waals surface area contributed by atoms with Crippen LogP contribution in [0.4, 0.5) is 0 Å². The van der Waals surface area contributed by atoms with Crippen molar-refractivity contribution in [1.82, 2.24) is 5.32 Å². The SMILES string of the molecule is Oc1ccc(CNCC2(C3CC3)CC2)cc1Cl. The average molecular weight is 252 g/mol. The molecule has 1 aromatic carbocycles. The quantitative estimate of drug-likeness (QED) is 0.842. The molecule has 2 saturated carbocycles. The van der Waals surface area contributed by atoms with Crippen LogP contribution in [0.2, 0.25) is 5.02 Å². The van der Waals surface area contributed by atoms with Crippen molar-refractivity contribution in [1.29, 1.82) is 0 Å². The Morgan fingerprint density at radius 3 is 2.71 bits per heavy atom. The normalized spacial score (nSPS) is 21.5. The molecule has 2 aliphatic rings. The molecule has 0 atom stereocenters. The summed E-state index contributed by atoms with van der Waals surface area (Å²) in [6.45, 7) is 1.98. The smallest absolute Gasteiger partial charge is 0.134 e. The number of rotatable bonds is 5. The van der Waals surface area contributed by atoms with E-state index in [1.165, 1.54) is 25.7 Å². The molecule has 0 unspecified atom stereocenters. The van der Waals surface area contributed by atoms with Gasteiger partial charge in [-0.05, 0) is 54.7 Å². The lowest BCUT2D eigenvalue weighted by molar-refractivity contribution is 0.403. The number of nitrogens with one attached hydrogen (secondary N) is 1. The summed E-state index contributed by atoms with van der Waals surface area (Å²) in [6, 6.07) is 5.42. The predicted octanol–water partition coefficient (Wildman–Crippen LogP) is 3.33. The highest BCUT2D eigenvalue weighted by molar-refractivity contribution is 6.32. The second-order valence-corrected chi connectivity index (χ2v) is 5.93. The van der Waals surface area contributed by atoms with Gasteiger partial charge < -0.3 is 10.4 Å². The lowest BCUT2D eigenvalue weighted by Crippen LogP contribution is -2.24. The van der Waals surface area contributed by atoms with Gasteiger partial charge in [0.1, 0.15) is 5.75 Å². The van der Waals surface area contributed by atoms with E-state index in [4.69, 9.17) is 11.6 Å². The highest BCUT2D eigenvalue weighted by Gasteiger charge is 2.53. The van der Waals surface area contributed by atoms with Gasteiger partial charge in [-0.1, -0.05) is 17.7 Å². The molecule has 3 rings (SSSR count). The van der Waals surface area contributed by atoms with Crippen LogP contribution in [-0.4, -0.2) is 11.7 Å². The molecule has 2 aliphatic carbocycles. The summed E-state index contributed by atoms with van der Waals surface area (Å²) in [7, 11) is 0. The Balaban J connectivity index is 1.52. The van der Waals surface area contributed by atoms with E-state index in [2.05, 4.69) is 5.32 Å². The van der Waals surface area contributed by atoms with Crippen molar-refractivity contribution in [3.8, 4) is 5.75 Å². The number of aromatic hydroxyl groups is 1. The fraction of sp³-hybridized carbons (Fsp3) is 0.571. The van der Waals surface area contributed by atoms with Gasteiger partial charge in [0.15, 0.2) is 0 Å². The zero-order valence-corrected chi connectivity index (χ0v) is 10.6. The molecule has 2 N–H and O–H groups in total. The predicted molar refractivity (Wildman–Crippen MR) is 69.2 cm³/mol. The van der Waals surface area contributed by atoms with E-state index in [1.807, 2.05) is 12.1 Å². The average Bonchev–Trinajstić information content (AvgIpc) is 3.14. The van der Waals surface area contributed by atoms with Crippen LogP contribution in [0.15, 0.2) is 18.2 Å². The summed E-state index contributed by atoms with van der Waals surface area (Å²) >= 11 is 5.88. The number of halogens is 1. The molecule has 0 radical (unpaired) electrons. The summed E-state index contributed by atoms with van der Waals surface area (Å²) in [5.41, 5.74) is 1.78. The van der Waals surface area contributed by atoms with Crippen molar-refractivity contribution in [2.24, 2.45) is 11.3 Å². The van der Waals surface area contributed by atoms with Crippen LogP contribution in [0.3, 0.4) is 0 Å². The third-order valence-electron chi connectivity index (χ3n) is 4.15. The van der Waals surface area contributed by atoms with Gasteiger partial charge >= 0.3 is 0 Å². The summed E-state index contributed by atoms with van der Waals surface area (Å²) in [5, 5.41) is 13.3. The first-order valence-electron chi connectivity index (χ1n) is 6.38. The van der Waals surface area contributed by atoms with Crippen LogP contribution >= 0.6 is 11.6 Å². The Bertz CT molecular complexity index is 424. The number of phenols is 1. The van der Waals surface area contributed by atoms with Gasteiger partial charge in [0.2, 0.25) is 0 Å². The second-order valence-electron chi connectivity index (χ2n) is 5.53. The number of phenolic OH excluding ortho intramolecular Hbond substituents is 1. The fourth-order valence-electron chi connectivity index (χ4n) is 2.70. The van der Waals surface area contributed by atoms with E-state index >= 15 is 0 Å². The minimum absolute atomic E-state index is 0.159. The summed E-state index contributed by atoms with van der Waals surface area (Å²) in [6.07, 6.45) is 5.68. The van der Waals surface area contributed by atoms with Gasteiger partial charge in [0.25, 0.3) is 0 Å². The largest absolute Gasteiger partial charge is 0.506 e. The van der Waals surface area contributed by atoms with Crippen LogP contribution in [0.5, 0.6) is 5.75 Å². The molecule has 0 saturated heterocycles. The van der Waals surface area contributed by atoms with Gasteiger partial charge in [-0.3, -0.25) is 0 Å². The first-order valence-corrected chi connectivity index (χ1v) is 6.76. The molecule has 0 aromatic heterocycles. The van der Waals surface area contributed by atoms with Gasteiger partial charge in [-0.2, -0.15) is 0 Å². The Labute approximate surface area is 107 Å². The zero-order valence-electron chi connectivity index (χ0n) is 9.88. The first-order chi connectivity index (χ1) is 8.20. The Hall–Kier alpha value is -0.730. The maximum atomic E-state index is 9.34. The van der Waals surface area contributed by atoms with Gasteiger partial charge in [0.05, 0.1) is 5.02 Å². The van der Waals surface area contributed by atoms with Gasteiger partial charge in [-0.15, -0.1) is 0 Å². The van der Waals surface area contributed by atoms with E-state index in [0.717, 1.165) is 24.6 Å². The Morgan fingerprint density at radius 1 is 1.35 bits per heavy atom. The minimum atomic E-state index is 0.159. The van der Waals surface area contributed by atoms with Crippen LogP contribution in [0.1, 0.15) is 31.2 Å². The van der Waals surface area contributed by atoms with Crippen molar-refractivity contribution in [2.45, 2.75) is 32.2 Å². The molecule has 3 heteroatoms. The van der Waals surface area contributed by atoms with E-state index in [1.54, 1.807) is 6.07 Å². The van der Waals surface area contributed by atoms with Crippen LogP contribution < -0.4 is 5.32 Å². The first kappa shape index (κ1) is 11.4. The van der Waals surface area contributed by atoms with E-state index in [-0.39, 0.29) is 5.75 Å². The molecule has 2 nitrogen and oxygen atoms in total. The number of hydrogen-bond acceptors (Lipinski definition) is 2. The Kier molecular flexibility index (Phi) is 2.80. The van der Waals surface area contributed by atoms with Crippen molar-refractivity contribution in [3.63, 3.8) is 0 Å². The van der Waals surface area contributed by atoms with Crippen LogP contribution in [0.25, 0.3) is 0 Å². The van der Waals surface area contributed by atoms with Crippen molar-refractivity contribution >= 4 is 11.6 Å². The fourth-order valence-corrected chi connectivity index (χ4v) is 2.90. The monoisotopic (exact) mass is 251 g/mol. The van der Waals surface area contributed by atoms with Crippen molar-refractivity contribution < 1.29 is 5.11 Å². The standard InChI is InChI=1S/C14H18ClNO/c15-12-7-10(1-4-13(12)17)8-16-9-14(5-6-14)11-2-3-11/h1,4,7,11,16-17H,2-3,5-6,8-9H2. The maximum Gasteiger partial charge on any atom is 0.134 e. The molecule has 17 heavy (non-hydrogen) atoms. The van der Waals surface area contributed by atoms with Crippen molar-refractivity contribution in [3.05, 3.63) is 28.8 Å². The summed E-state index contributed by atoms with van der Waals surface area (Å²) in [5.74, 6) is 1.16. The zero-order chi connectivity index (χ0) is 11.9. The van der Waals surface area contributed by atoms with E-state index < -0.39 is 0 Å². The lowest BCUT2D eigenvalue weighted by atomic mass is 10.0. The summed E-state index contributed by atoms with van der Waals surface area (Å²) in [4.78, 5) is 0. The molecular weight excluding hydrogens is 234 g/mol. The third kappa shape index (κ3) is 2.43. The molecule has 0 heterocycles. The molecule has 1 aromatic rings. The molecule has 0 amide bonds. The topological polar surface area (TPSA) is 32.3 Å². The second kappa shape index (κ2) is 4.18. The molecule has 0 bridgehead atoms. The van der Waals surface area contributed by atoms with E-state index in [0.29, 0.717) is 10.4 Å². The minimum Gasteiger partial charge on any atom is -0.506 e. The molecule has 92 valence electrons. The third-order valence-corrected chi connectivity index (χ3v) is 4.46. The van der Waals surface area contributed by atoms with Crippen molar-refractivity contribution in [2.75, 3.05) is 6.54 Å². The highest BCUT2D eigenvalue weighted by Crippen LogP contribution is 2.60. The molecule has 2 fully saturated rings. The van der Waals surface area contributed by atoms with Gasteiger partial charge in [-0.25, -0.2) is 0 Å². The maximum absolute atomic E-state index is 9.34. The number of benzene rings is 1. The lowest BCUT2D eigenvalue weighted by Gasteiger charge is -2.15. The highest BCUT2D eigenvalue weighted by atomic mass is 35.5. The van der Waals surface area contributed by atoms with Gasteiger partial charge in [0, 0.05) is 13.1 Å².